The average molecular weight is 335 g/mol. The van der Waals surface area contributed by atoms with Crippen LogP contribution in [-0.4, -0.2) is 25.3 Å². The summed E-state index contributed by atoms with van der Waals surface area (Å²) < 4.78 is 14.8. The van der Waals surface area contributed by atoms with Crippen LogP contribution in [0.25, 0.3) is 5.78 Å². The summed E-state index contributed by atoms with van der Waals surface area (Å²) in [6.07, 6.45) is 2.50. The molecule has 25 heavy (non-hydrogen) atoms. The first-order chi connectivity index (χ1) is 12.0. The van der Waals surface area contributed by atoms with E-state index in [-0.39, 0.29) is 28.2 Å². The predicted octanol–water partition coefficient (Wildman–Crippen LogP) is 2.11. The Balaban J connectivity index is 2.27. The highest BCUT2D eigenvalue weighted by Gasteiger charge is 2.23. The van der Waals surface area contributed by atoms with Crippen LogP contribution in [0.5, 0.6) is 5.75 Å². The number of ketones is 1. The molecule has 0 spiro atoms. The van der Waals surface area contributed by atoms with Crippen LogP contribution in [0, 0.1) is 28.5 Å². The third-order valence-corrected chi connectivity index (χ3v) is 3.68. The Labute approximate surface area is 141 Å². The molecule has 0 radical (unpaired) electrons. The summed E-state index contributed by atoms with van der Waals surface area (Å²) in [4.78, 5) is 21.0. The normalized spacial score (nSPS) is 10.4. The molecule has 0 fully saturated rings. The Morgan fingerprint density at radius 3 is 2.52 bits per heavy atom. The molecule has 0 aliphatic rings. The molecular formula is C17H10FN5O2. The second-order valence-electron chi connectivity index (χ2n) is 5.18. The number of fused-ring (bicyclic) bond motifs is 1. The lowest BCUT2D eigenvalue weighted by Gasteiger charge is -2.06. The highest BCUT2D eigenvalue weighted by atomic mass is 19.1. The van der Waals surface area contributed by atoms with E-state index in [1.54, 1.807) is 19.1 Å². The largest absolute Gasteiger partial charge is 0.505 e. The summed E-state index contributed by atoms with van der Waals surface area (Å²) in [7, 11) is 0. The lowest BCUT2D eigenvalue weighted by molar-refractivity contribution is 0.103. The maximum atomic E-state index is 13.5. The predicted molar refractivity (Wildman–Crippen MR) is 83.3 cm³/mol. The van der Waals surface area contributed by atoms with Crippen LogP contribution in [0.3, 0.4) is 0 Å². The molecule has 0 amide bonds. The van der Waals surface area contributed by atoms with Crippen molar-refractivity contribution in [2.24, 2.45) is 0 Å². The van der Waals surface area contributed by atoms with Gasteiger partial charge in [0.1, 0.15) is 17.8 Å². The van der Waals surface area contributed by atoms with E-state index in [1.807, 2.05) is 0 Å². The molecule has 3 rings (SSSR count). The van der Waals surface area contributed by atoms with Crippen LogP contribution >= 0.6 is 0 Å². The Kier molecular flexibility index (Phi) is 3.88. The number of carbonyl (C=O) groups is 1. The van der Waals surface area contributed by atoms with E-state index in [4.69, 9.17) is 10.5 Å². The highest BCUT2D eigenvalue weighted by molar-refractivity contribution is 6.09. The quantitative estimate of drug-likeness (QED) is 0.733. The van der Waals surface area contributed by atoms with E-state index in [1.165, 1.54) is 16.5 Å². The van der Waals surface area contributed by atoms with E-state index in [0.29, 0.717) is 12.1 Å². The van der Waals surface area contributed by atoms with Gasteiger partial charge in [-0.3, -0.25) is 9.20 Å². The first-order valence-corrected chi connectivity index (χ1v) is 7.24. The summed E-state index contributed by atoms with van der Waals surface area (Å²) >= 11 is 0. The number of aryl methyl sites for hydroxylation is 1. The van der Waals surface area contributed by atoms with Gasteiger partial charge < -0.3 is 5.11 Å². The molecule has 0 aliphatic carbocycles. The van der Waals surface area contributed by atoms with Crippen molar-refractivity contribution in [3.8, 4) is 17.9 Å². The fourth-order valence-corrected chi connectivity index (χ4v) is 2.52. The second kappa shape index (κ2) is 6.02. The summed E-state index contributed by atoms with van der Waals surface area (Å²) in [6, 6.07) is 5.84. The zero-order chi connectivity index (χ0) is 18.1. The minimum Gasteiger partial charge on any atom is -0.505 e. The standard InChI is InChI=1S/C17H10FN5O2/c1-2-13-14(23-8-12(18)7-21-17(23)22-13)16(25)9-3-10(5-19)15(24)11(4-9)6-20/h3-4,7-8,24H,2H2,1H3. The molecule has 0 saturated carbocycles. The van der Waals surface area contributed by atoms with Gasteiger partial charge in [-0.1, -0.05) is 6.92 Å². The number of nitriles is 2. The van der Waals surface area contributed by atoms with E-state index < -0.39 is 17.3 Å². The van der Waals surface area contributed by atoms with Gasteiger partial charge in [-0.2, -0.15) is 10.5 Å². The molecule has 0 bridgehead atoms. The summed E-state index contributed by atoms with van der Waals surface area (Å²) in [5, 5.41) is 28.0. The molecule has 122 valence electrons. The fraction of sp³-hybridized carbons (Fsp3) is 0.118. The lowest BCUT2D eigenvalue weighted by Crippen LogP contribution is -2.09. The number of carbonyl (C=O) groups excluding carboxylic acids is 1. The minimum absolute atomic E-state index is 0.0201. The van der Waals surface area contributed by atoms with Crippen LogP contribution < -0.4 is 0 Å². The SMILES string of the molecule is CCc1nc2ncc(F)cn2c1C(=O)c1cc(C#N)c(O)c(C#N)c1. The number of hydrogen-bond acceptors (Lipinski definition) is 6. The zero-order valence-electron chi connectivity index (χ0n) is 13.0. The maximum absolute atomic E-state index is 13.5. The summed E-state index contributed by atoms with van der Waals surface area (Å²) in [5.74, 6) is -1.50. The third kappa shape index (κ3) is 2.56. The lowest BCUT2D eigenvalue weighted by atomic mass is 9.99. The van der Waals surface area contributed by atoms with Gasteiger partial charge in [-0.05, 0) is 18.6 Å². The Bertz CT molecular complexity index is 1070. The highest BCUT2D eigenvalue weighted by Crippen LogP contribution is 2.26. The molecule has 8 heteroatoms. The first-order valence-electron chi connectivity index (χ1n) is 7.24. The maximum Gasteiger partial charge on any atom is 0.234 e. The van der Waals surface area contributed by atoms with Crippen LogP contribution in [0.4, 0.5) is 4.39 Å². The number of rotatable bonds is 3. The molecule has 2 heterocycles. The zero-order valence-corrected chi connectivity index (χ0v) is 13.0. The van der Waals surface area contributed by atoms with Gasteiger partial charge in [0.15, 0.2) is 11.6 Å². The molecule has 0 aliphatic heterocycles. The van der Waals surface area contributed by atoms with Crippen molar-refractivity contribution in [1.82, 2.24) is 14.4 Å². The van der Waals surface area contributed by atoms with Gasteiger partial charge in [0, 0.05) is 5.56 Å². The Hall–Kier alpha value is -3.78. The van der Waals surface area contributed by atoms with Crippen molar-refractivity contribution >= 4 is 11.6 Å². The third-order valence-electron chi connectivity index (χ3n) is 3.68. The number of halogens is 1. The number of aromatic nitrogens is 3. The van der Waals surface area contributed by atoms with Crippen molar-refractivity contribution < 1.29 is 14.3 Å². The van der Waals surface area contributed by atoms with Crippen LogP contribution in [0.15, 0.2) is 24.5 Å². The Morgan fingerprint density at radius 1 is 1.32 bits per heavy atom. The van der Waals surface area contributed by atoms with E-state index >= 15 is 0 Å². The molecule has 2 aromatic heterocycles. The van der Waals surface area contributed by atoms with Crippen LogP contribution in [0.1, 0.15) is 39.8 Å². The number of hydrogen-bond donors (Lipinski definition) is 1. The van der Waals surface area contributed by atoms with Gasteiger partial charge in [0.05, 0.1) is 29.2 Å². The first kappa shape index (κ1) is 16.1. The minimum atomic E-state index is -0.636. The number of phenolic OH excluding ortho intramolecular Hbond substituents is 1. The molecule has 3 aromatic rings. The topological polar surface area (TPSA) is 115 Å². The Morgan fingerprint density at radius 2 is 1.96 bits per heavy atom. The smallest absolute Gasteiger partial charge is 0.234 e. The molecule has 0 unspecified atom stereocenters. The van der Waals surface area contributed by atoms with Crippen LogP contribution in [-0.2, 0) is 6.42 Å². The molecule has 7 nitrogen and oxygen atoms in total. The van der Waals surface area contributed by atoms with Gasteiger partial charge in [-0.15, -0.1) is 0 Å². The van der Waals surface area contributed by atoms with Crippen LogP contribution in [0.2, 0.25) is 0 Å². The monoisotopic (exact) mass is 335 g/mol. The number of phenols is 1. The molecule has 1 N–H and O–H groups in total. The van der Waals surface area contributed by atoms with Gasteiger partial charge in [0.25, 0.3) is 0 Å². The van der Waals surface area contributed by atoms with E-state index in [0.717, 1.165) is 12.4 Å². The molecule has 0 saturated heterocycles. The van der Waals surface area contributed by atoms with Crippen molar-refractivity contribution in [2.45, 2.75) is 13.3 Å². The summed E-state index contributed by atoms with van der Waals surface area (Å²) in [6.45, 7) is 1.78. The van der Waals surface area contributed by atoms with Gasteiger partial charge in [-0.25, -0.2) is 14.4 Å². The van der Waals surface area contributed by atoms with Crippen molar-refractivity contribution in [3.63, 3.8) is 0 Å². The van der Waals surface area contributed by atoms with Gasteiger partial charge >= 0.3 is 0 Å². The fourth-order valence-electron chi connectivity index (χ4n) is 2.52. The summed E-state index contributed by atoms with van der Waals surface area (Å²) in [5.41, 5.74) is 0.139. The van der Waals surface area contributed by atoms with Gasteiger partial charge in [0.2, 0.25) is 11.6 Å². The van der Waals surface area contributed by atoms with Crippen molar-refractivity contribution in [1.29, 1.82) is 10.5 Å². The average Bonchev–Trinajstić information content (AvgIpc) is 2.98. The van der Waals surface area contributed by atoms with E-state index in [9.17, 15) is 14.3 Å². The number of aromatic hydroxyl groups is 1. The number of imidazole rings is 1. The second-order valence-corrected chi connectivity index (χ2v) is 5.18. The van der Waals surface area contributed by atoms with Crippen molar-refractivity contribution in [3.05, 3.63) is 58.4 Å². The molecule has 1 aromatic carbocycles. The number of benzene rings is 1. The molecule has 0 atom stereocenters. The molecular weight excluding hydrogens is 325 g/mol. The van der Waals surface area contributed by atoms with E-state index in [2.05, 4.69) is 9.97 Å². The number of nitrogens with zero attached hydrogens (tertiary/aromatic N) is 5. The van der Waals surface area contributed by atoms with Crippen molar-refractivity contribution in [2.75, 3.05) is 0 Å².